The number of allylic oxidation sites excluding steroid dienone is 2. The second kappa shape index (κ2) is 42.8. The summed E-state index contributed by atoms with van der Waals surface area (Å²) in [5.74, 6) is -0.968. The van der Waals surface area contributed by atoms with Crippen molar-refractivity contribution in [2.24, 2.45) is 0 Å². The molecule has 338 valence electrons. The van der Waals surface area contributed by atoms with Crippen LogP contribution in [0.25, 0.3) is 0 Å². The number of phosphoric ester groups is 1. The summed E-state index contributed by atoms with van der Waals surface area (Å²) in [6.07, 6.45) is 41.9. The molecule has 1 unspecified atom stereocenters. The van der Waals surface area contributed by atoms with Crippen molar-refractivity contribution < 1.29 is 47.8 Å². The molecule has 10 nitrogen and oxygen atoms in total. The van der Waals surface area contributed by atoms with Crippen molar-refractivity contribution in [2.45, 2.75) is 244 Å². The zero-order valence-corrected chi connectivity index (χ0v) is 37.7. The monoisotopic (exact) mass is 833 g/mol. The number of hydrogen-bond acceptors (Lipinski definition) is 9. The molecule has 0 aliphatic heterocycles. The molecule has 0 aliphatic carbocycles. The number of carbonyl (C=O) groups excluding carboxylic acids is 2. The molecule has 0 aliphatic rings. The highest BCUT2D eigenvalue weighted by Crippen LogP contribution is 2.43. The predicted molar refractivity (Wildman–Crippen MR) is 233 cm³/mol. The average Bonchev–Trinajstić information content (AvgIpc) is 3.20. The second-order valence-corrected chi connectivity index (χ2v) is 17.6. The maximum absolute atomic E-state index is 12.6. The Morgan fingerprint density at radius 2 is 0.895 bits per heavy atom. The van der Waals surface area contributed by atoms with E-state index in [4.69, 9.17) is 23.6 Å². The number of ether oxygens (including phenoxy) is 2. The molecule has 0 spiro atoms. The Morgan fingerprint density at radius 3 is 1.33 bits per heavy atom. The number of phosphoric acid groups is 1. The van der Waals surface area contributed by atoms with Crippen LogP contribution in [-0.4, -0.2) is 65.7 Å². The first-order valence-electron chi connectivity index (χ1n) is 23.6. The SMILES string of the molecule is CCCCCCCCCCCCC/C=C/CCC(=O)OC[C@H](COP(=O)(O)OC[C@@H](O)CO)OC(=O)CCCCCCCCCCCCCCCCCCCCC. The van der Waals surface area contributed by atoms with E-state index in [1.807, 2.05) is 6.08 Å². The summed E-state index contributed by atoms with van der Waals surface area (Å²) in [6.45, 7) is 2.38. The quantitative estimate of drug-likeness (QED) is 0.0234. The second-order valence-electron chi connectivity index (χ2n) is 16.1. The van der Waals surface area contributed by atoms with E-state index < -0.39 is 51.8 Å². The molecular weight excluding hydrogens is 743 g/mol. The molecule has 0 fully saturated rings. The van der Waals surface area contributed by atoms with E-state index in [1.54, 1.807) is 0 Å². The highest BCUT2D eigenvalue weighted by molar-refractivity contribution is 7.47. The van der Waals surface area contributed by atoms with Crippen molar-refractivity contribution in [1.29, 1.82) is 0 Å². The highest BCUT2D eigenvalue weighted by atomic mass is 31.2. The Labute approximate surface area is 349 Å². The van der Waals surface area contributed by atoms with Crippen LogP contribution in [0.3, 0.4) is 0 Å². The van der Waals surface area contributed by atoms with Crippen molar-refractivity contribution in [3.8, 4) is 0 Å². The van der Waals surface area contributed by atoms with Gasteiger partial charge in [0.15, 0.2) is 6.10 Å². The molecular formula is C46H89O10P. The van der Waals surface area contributed by atoms with Crippen molar-refractivity contribution in [1.82, 2.24) is 0 Å². The number of carbonyl (C=O) groups is 2. The summed E-state index contributed by atoms with van der Waals surface area (Å²) in [7, 11) is -4.62. The van der Waals surface area contributed by atoms with Crippen LogP contribution >= 0.6 is 7.82 Å². The molecule has 57 heavy (non-hydrogen) atoms. The minimum Gasteiger partial charge on any atom is -0.462 e. The molecule has 0 aromatic rings. The summed E-state index contributed by atoms with van der Waals surface area (Å²) < 4.78 is 32.7. The van der Waals surface area contributed by atoms with E-state index >= 15 is 0 Å². The van der Waals surface area contributed by atoms with Crippen LogP contribution in [0.2, 0.25) is 0 Å². The van der Waals surface area contributed by atoms with Crippen LogP contribution in [0.1, 0.15) is 232 Å². The summed E-state index contributed by atoms with van der Waals surface area (Å²) in [4.78, 5) is 35.0. The smallest absolute Gasteiger partial charge is 0.462 e. The van der Waals surface area contributed by atoms with E-state index in [-0.39, 0.29) is 19.4 Å². The van der Waals surface area contributed by atoms with Crippen LogP contribution in [-0.2, 0) is 32.7 Å². The van der Waals surface area contributed by atoms with Gasteiger partial charge in [-0.15, -0.1) is 0 Å². The lowest BCUT2D eigenvalue weighted by atomic mass is 10.0. The summed E-state index contributed by atoms with van der Waals surface area (Å²) >= 11 is 0. The van der Waals surface area contributed by atoms with E-state index in [9.17, 15) is 24.2 Å². The lowest BCUT2D eigenvalue weighted by Crippen LogP contribution is -2.29. The number of rotatable bonds is 45. The maximum Gasteiger partial charge on any atom is 0.472 e. The summed E-state index contributed by atoms with van der Waals surface area (Å²) in [6, 6.07) is 0. The fourth-order valence-corrected chi connectivity index (χ4v) is 7.57. The Morgan fingerprint density at radius 1 is 0.509 bits per heavy atom. The van der Waals surface area contributed by atoms with Gasteiger partial charge in [-0.1, -0.05) is 206 Å². The van der Waals surface area contributed by atoms with Gasteiger partial charge in [-0.3, -0.25) is 18.6 Å². The van der Waals surface area contributed by atoms with Crippen LogP contribution in [0, 0.1) is 0 Å². The van der Waals surface area contributed by atoms with Gasteiger partial charge in [0.1, 0.15) is 12.7 Å². The van der Waals surface area contributed by atoms with Gasteiger partial charge in [0, 0.05) is 12.8 Å². The van der Waals surface area contributed by atoms with E-state index in [0.29, 0.717) is 12.8 Å². The van der Waals surface area contributed by atoms with Gasteiger partial charge in [0.25, 0.3) is 0 Å². The van der Waals surface area contributed by atoms with Crippen LogP contribution < -0.4 is 0 Å². The standard InChI is InChI=1S/C46H89O10P/c1-3-5-7-9-11-13-15-17-19-20-21-22-24-26-28-30-32-34-36-38-46(50)56-44(42-55-57(51,52)54-40-43(48)39-47)41-53-45(49)37-35-33-31-29-27-25-23-18-16-14-12-10-8-6-4-2/h31,33,43-44,47-48H,3-30,32,34-42H2,1-2H3,(H,51,52)/b33-31+/t43-,44+/m0/s1. The molecule has 0 aromatic carbocycles. The number of hydrogen-bond donors (Lipinski definition) is 3. The van der Waals surface area contributed by atoms with Crippen molar-refractivity contribution in [3.63, 3.8) is 0 Å². The fourth-order valence-electron chi connectivity index (χ4n) is 6.78. The van der Waals surface area contributed by atoms with Gasteiger partial charge in [0.2, 0.25) is 0 Å². The predicted octanol–water partition coefficient (Wildman–Crippen LogP) is 12.8. The molecule has 0 heterocycles. The van der Waals surface area contributed by atoms with E-state index in [2.05, 4.69) is 19.9 Å². The van der Waals surface area contributed by atoms with Gasteiger partial charge in [-0.05, 0) is 25.7 Å². The molecule has 3 atom stereocenters. The summed E-state index contributed by atoms with van der Waals surface area (Å²) in [5.41, 5.74) is 0. The first-order valence-corrected chi connectivity index (χ1v) is 25.1. The van der Waals surface area contributed by atoms with Gasteiger partial charge in [-0.25, -0.2) is 4.57 Å². The normalized spacial score (nSPS) is 13.8. The number of aliphatic hydroxyl groups is 2. The molecule has 0 bridgehead atoms. The van der Waals surface area contributed by atoms with Crippen molar-refractivity contribution in [3.05, 3.63) is 12.2 Å². The third kappa shape index (κ3) is 42.6. The van der Waals surface area contributed by atoms with Crippen molar-refractivity contribution in [2.75, 3.05) is 26.4 Å². The minimum atomic E-state index is -4.62. The molecule has 0 saturated heterocycles. The van der Waals surface area contributed by atoms with E-state index in [0.717, 1.165) is 32.1 Å². The fraction of sp³-hybridized carbons (Fsp3) is 0.913. The molecule has 3 N–H and O–H groups in total. The zero-order chi connectivity index (χ0) is 41.9. The first kappa shape index (κ1) is 55.7. The average molecular weight is 833 g/mol. The molecule has 11 heteroatoms. The van der Waals surface area contributed by atoms with Crippen LogP contribution in [0.15, 0.2) is 12.2 Å². The number of esters is 2. The van der Waals surface area contributed by atoms with E-state index in [1.165, 1.54) is 161 Å². The van der Waals surface area contributed by atoms with Crippen LogP contribution in [0.5, 0.6) is 0 Å². The largest absolute Gasteiger partial charge is 0.472 e. The third-order valence-corrected chi connectivity index (χ3v) is 11.4. The Kier molecular flexibility index (Phi) is 41.9. The van der Waals surface area contributed by atoms with Crippen molar-refractivity contribution >= 4 is 19.8 Å². The maximum atomic E-state index is 12.6. The molecule has 0 rings (SSSR count). The lowest BCUT2D eigenvalue weighted by molar-refractivity contribution is -0.161. The number of unbranched alkanes of at least 4 members (excludes halogenated alkanes) is 29. The Balaban J connectivity index is 4.23. The van der Waals surface area contributed by atoms with Gasteiger partial charge in [0.05, 0.1) is 19.8 Å². The minimum absolute atomic E-state index is 0.163. The molecule has 0 radical (unpaired) electrons. The van der Waals surface area contributed by atoms with Gasteiger partial charge in [-0.2, -0.15) is 0 Å². The Hall–Kier alpha value is -1.29. The third-order valence-electron chi connectivity index (χ3n) is 10.4. The lowest BCUT2D eigenvalue weighted by Gasteiger charge is -2.20. The molecule has 0 saturated carbocycles. The molecule has 0 amide bonds. The van der Waals surface area contributed by atoms with Gasteiger partial charge >= 0.3 is 19.8 Å². The van der Waals surface area contributed by atoms with Crippen LogP contribution in [0.4, 0.5) is 0 Å². The first-order chi connectivity index (χ1) is 27.7. The number of aliphatic hydroxyl groups excluding tert-OH is 2. The summed E-state index contributed by atoms with van der Waals surface area (Å²) in [5, 5.41) is 18.4. The van der Waals surface area contributed by atoms with Gasteiger partial charge < -0.3 is 24.6 Å². The highest BCUT2D eigenvalue weighted by Gasteiger charge is 2.27. The zero-order valence-electron chi connectivity index (χ0n) is 36.8. The molecule has 0 aromatic heterocycles. The Bertz CT molecular complexity index is 961. The topological polar surface area (TPSA) is 149 Å².